The van der Waals surface area contributed by atoms with E-state index in [2.05, 4.69) is 20.3 Å². The van der Waals surface area contributed by atoms with Crippen molar-refractivity contribution in [2.45, 2.75) is 20.6 Å². The van der Waals surface area contributed by atoms with Crippen molar-refractivity contribution < 1.29 is 0 Å². The number of nitrogens with one attached hydrogen (secondary N) is 1. The van der Waals surface area contributed by atoms with Crippen LogP contribution in [0.2, 0.25) is 0 Å². The lowest BCUT2D eigenvalue weighted by molar-refractivity contribution is 0.391. The summed E-state index contributed by atoms with van der Waals surface area (Å²) < 4.78 is -3.39. The van der Waals surface area contributed by atoms with E-state index in [0.717, 1.165) is 6.54 Å². The van der Waals surface area contributed by atoms with E-state index >= 15 is 0 Å². The second kappa shape index (κ2) is 9.04. The van der Waals surface area contributed by atoms with Crippen LogP contribution in [0.25, 0.3) is 11.4 Å². The van der Waals surface area contributed by atoms with Crippen molar-refractivity contribution in [3.05, 3.63) is 35.7 Å². The van der Waals surface area contributed by atoms with Gasteiger partial charge in [-0.25, -0.2) is 4.98 Å². The van der Waals surface area contributed by atoms with Gasteiger partial charge in [-0.05, 0) is 27.1 Å². The zero-order valence-electron chi connectivity index (χ0n) is 14.7. The Morgan fingerprint density at radius 2 is 1.67 bits per heavy atom. The summed E-state index contributed by atoms with van der Waals surface area (Å²) in [6.45, 7) is 2.74. The average Bonchev–Trinajstić information content (AvgIpc) is 2.52. The van der Waals surface area contributed by atoms with Crippen LogP contribution in [-0.4, -0.2) is 46.5 Å². The first-order chi connectivity index (χ1) is 12.4. The molecule has 1 aromatic carbocycles. The highest BCUT2D eigenvalue weighted by Crippen LogP contribution is 2.40. The summed E-state index contributed by atoms with van der Waals surface area (Å²) in [6.07, 6.45) is 0. The Bertz CT molecular complexity index is 788. The maximum absolute atomic E-state index is 5.99. The molecule has 27 heavy (non-hydrogen) atoms. The van der Waals surface area contributed by atoms with Gasteiger partial charge in [0.2, 0.25) is 13.5 Å². The number of likely N-dealkylation sites (N-methyl/N-ethyl adjacent to an activating group) is 1. The number of hydrogen-bond acceptors (Lipinski definition) is 5. The standard InChI is InChI=1S/C16H17Cl6N5/c1-9(8-27(2)3)23-14-25-12(24-13(26-14)16(20,21)22)10-5-4-6-11(7-10)15(17,18)19/h4-7,9H,8H2,1-3H3,(H,23,24,25,26). The third-order valence-electron chi connectivity index (χ3n) is 3.35. The molecule has 5 nitrogen and oxygen atoms in total. The molecule has 1 atom stereocenters. The first-order valence-electron chi connectivity index (χ1n) is 7.78. The lowest BCUT2D eigenvalue weighted by atomic mass is 10.1. The van der Waals surface area contributed by atoms with Crippen LogP contribution in [0.3, 0.4) is 0 Å². The molecule has 0 radical (unpaired) electrons. The number of rotatable bonds is 5. The van der Waals surface area contributed by atoms with Gasteiger partial charge in [-0.15, -0.1) is 0 Å². The van der Waals surface area contributed by atoms with Crippen LogP contribution >= 0.6 is 69.6 Å². The number of alkyl halides is 6. The summed E-state index contributed by atoms with van der Waals surface area (Å²) in [4.78, 5) is 14.9. The van der Waals surface area contributed by atoms with E-state index in [1.165, 1.54) is 0 Å². The number of hydrogen-bond donors (Lipinski definition) is 1. The van der Waals surface area contributed by atoms with Gasteiger partial charge in [-0.2, -0.15) is 9.97 Å². The molecule has 0 fully saturated rings. The van der Waals surface area contributed by atoms with Crippen molar-refractivity contribution in [1.82, 2.24) is 19.9 Å². The van der Waals surface area contributed by atoms with Gasteiger partial charge in [0.15, 0.2) is 11.6 Å². The molecular weight excluding hydrogens is 475 g/mol. The molecule has 1 aromatic heterocycles. The summed E-state index contributed by atoms with van der Waals surface area (Å²) >= 11 is 35.9. The first kappa shape index (κ1) is 23.0. The van der Waals surface area contributed by atoms with E-state index < -0.39 is 7.59 Å². The summed E-state index contributed by atoms with van der Waals surface area (Å²) in [5.74, 6) is 0.577. The van der Waals surface area contributed by atoms with Crippen LogP contribution in [-0.2, 0) is 7.59 Å². The predicted octanol–water partition coefficient (Wildman–Crippen LogP) is 5.55. The first-order valence-corrected chi connectivity index (χ1v) is 10.0. The summed E-state index contributed by atoms with van der Waals surface area (Å²) in [5, 5.41) is 3.18. The van der Waals surface area contributed by atoms with Gasteiger partial charge >= 0.3 is 0 Å². The Balaban J connectivity index is 2.48. The number of benzene rings is 1. The zero-order valence-corrected chi connectivity index (χ0v) is 19.2. The third-order valence-corrected chi connectivity index (χ3v) is 4.51. The fourth-order valence-electron chi connectivity index (χ4n) is 2.34. The van der Waals surface area contributed by atoms with Crippen LogP contribution in [0.1, 0.15) is 18.3 Å². The van der Waals surface area contributed by atoms with Crippen molar-refractivity contribution in [3.8, 4) is 11.4 Å². The highest BCUT2D eigenvalue weighted by atomic mass is 35.6. The monoisotopic (exact) mass is 489 g/mol. The normalized spacial score (nSPS) is 13.7. The number of nitrogens with zero attached hydrogens (tertiary/aromatic N) is 4. The summed E-state index contributed by atoms with van der Waals surface area (Å²) in [5.41, 5.74) is 1.07. The van der Waals surface area contributed by atoms with Gasteiger partial charge in [-0.3, -0.25) is 0 Å². The van der Waals surface area contributed by atoms with Crippen molar-refractivity contribution >= 4 is 75.6 Å². The van der Waals surface area contributed by atoms with Crippen molar-refractivity contribution in [3.63, 3.8) is 0 Å². The molecule has 1 unspecified atom stereocenters. The summed E-state index contributed by atoms with van der Waals surface area (Å²) in [6, 6.07) is 6.90. The van der Waals surface area contributed by atoms with Crippen LogP contribution in [0.4, 0.5) is 5.95 Å². The van der Waals surface area contributed by atoms with Crippen molar-refractivity contribution in [2.75, 3.05) is 26.0 Å². The minimum atomic E-state index is -1.81. The van der Waals surface area contributed by atoms with E-state index in [-0.39, 0.29) is 17.8 Å². The predicted molar refractivity (Wildman–Crippen MR) is 115 cm³/mol. The molecule has 0 aliphatic heterocycles. The molecule has 2 rings (SSSR count). The van der Waals surface area contributed by atoms with Gasteiger partial charge in [0.1, 0.15) is 0 Å². The van der Waals surface area contributed by atoms with E-state index in [4.69, 9.17) is 69.6 Å². The third kappa shape index (κ3) is 6.93. The Kier molecular flexibility index (Phi) is 7.70. The maximum Gasteiger partial charge on any atom is 0.250 e. The lowest BCUT2D eigenvalue weighted by Crippen LogP contribution is -2.30. The van der Waals surface area contributed by atoms with Gasteiger partial charge < -0.3 is 10.2 Å². The minimum Gasteiger partial charge on any atom is -0.350 e. The molecule has 0 saturated heterocycles. The Morgan fingerprint density at radius 1 is 1.00 bits per heavy atom. The molecule has 148 valence electrons. The number of aromatic nitrogens is 3. The second-order valence-electron chi connectivity index (χ2n) is 6.19. The molecule has 0 aliphatic rings. The molecule has 1 N–H and O–H groups in total. The van der Waals surface area contributed by atoms with Gasteiger partial charge in [0.25, 0.3) is 0 Å². The molecule has 0 amide bonds. The van der Waals surface area contributed by atoms with E-state index in [0.29, 0.717) is 17.0 Å². The zero-order chi connectivity index (χ0) is 20.4. The fourth-order valence-corrected chi connectivity index (χ4v) is 2.95. The summed E-state index contributed by atoms with van der Waals surface area (Å²) in [7, 11) is 3.93. The second-order valence-corrected chi connectivity index (χ2v) is 10.8. The highest BCUT2D eigenvalue weighted by molar-refractivity contribution is 6.67. The maximum atomic E-state index is 5.99. The Hall–Kier alpha value is -0.270. The molecule has 11 heteroatoms. The molecule has 1 heterocycles. The molecule has 2 aromatic rings. The molecular formula is C16H17Cl6N5. The average molecular weight is 492 g/mol. The molecule has 0 saturated carbocycles. The van der Waals surface area contributed by atoms with Crippen molar-refractivity contribution in [2.24, 2.45) is 0 Å². The van der Waals surface area contributed by atoms with Crippen molar-refractivity contribution in [1.29, 1.82) is 0 Å². The molecule has 0 spiro atoms. The van der Waals surface area contributed by atoms with Gasteiger partial charge in [0, 0.05) is 23.7 Å². The Morgan fingerprint density at radius 3 is 2.22 bits per heavy atom. The SMILES string of the molecule is CC(CN(C)C)Nc1nc(-c2cccc(C(Cl)(Cl)Cl)c2)nc(C(Cl)(Cl)Cl)n1. The van der Waals surface area contributed by atoms with E-state index in [9.17, 15) is 0 Å². The molecule has 0 bridgehead atoms. The topological polar surface area (TPSA) is 53.9 Å². The van der Waals surface area contributed by atoms with Crippen LogP contribution in [0.5, 0.6) is 0 Å². The largest absolute Gasteiger partial charge is 0.350 e. The number of anilines is 1. The highest BCUT2D eigenvalue weighted by Gasteiger charge is 2.29. The fraction of sp³-hybridized carbons (Fsp3) is 0.438. The van der Waals surface area contributed by atoms with Crippen LogP contribution < -0.4 is 5.32 Å². The quantitative estimate of drug-likeness (QED) is 0.555. The minimum absolute atomic E-state index is 0.00339. The lowest BCUT2D eigenvalue weighted by Gasteiger charge is -2.20. The van der Waals surface area contributed by atoms with Crippen LogP contribution in [0, 0.1) is 0 Å². The van der Waals surface area contributed by atoms with E-state index in [1.54, 1.807) is 24.3 Å². The van der Waals surface area contributed by atoms with Gasteiger partial charge in [-0.1, -0.05) is 87.8 Å². The van der Waals surface area contributed by atoms with Gasteiger partial charge in [0.05, 0.1) is 0 Å². The molecule has 0 aliphatic carbocycles. The van der Waals surface area contributed by atoms with E-state index in [1.807, 2.05) is 25.9 Å². The Labute approximate surface area is 188 Å². The van der Waals surface area contributed by atoms with Crippen LogP contribution in [0.15, 0.2) is 24.3 Å². The number of halogens is 6. The smallest absolute Gasteiger partial charge is 0.250 e.